The number of amides is 1. The van der Waals surface area contributed by atoms with Gasteiger partial charge in [-0.05, 0) is 68.1 Å². The van der Waals surface area contributed by atoms with Crippen LogP contribution >= 0.6 is 0 Å². The van der Waals surface area contributed by atoms with Crippen LogP contribution in [-0.4, -0.2) is 35.3 Å². The first-order valence-corrected chi connectivity index (χ1v) is 10.9. The molecule has 1 fully saturated rings. The molecule has 31 heavy (non-hydrogen) atoms. The van der Waals surface area contributed by atoms with Crippen molar-refractivity contribution in [3.05, 3.63) is 66.2 Å². The van der Waals surface area contributed by atoms with Crippen LogP contribution in [0.5, 0.6) is 5.75 Å². The van der Waals surface area contributed by atoms with Crippen molar-refractivity contribution in [2.45, 2.75) is 39.2 Å². The number of hydrogen-bond acceptors (Lipinski definition) is 5. The van der Waals surface area contributed by atoms with Crippen LogP contribution in [0.4, 0.5) is 11.5 Å². The monoisotopic (exact) mass is 416 g/mol. The summed E-state index contributed by atoms with van der Waals surface area (Å²) in [6.07, 6.45) is 2.77. The minimum absolute atomic E-state index is 0.202. The van der Waals surface area contributed by atoms with Crippen molar-refractivity contribution in [1.82, 2.24) is 10.2 Å². The molecule has 1 aromatic heterocycles. The normalized spacial score (nSPS) is 14.3. The Bertz CT molecular complexity index is 1010. The summed E-state index contributed by atoms with van der Waals surface area (Å²) in [6.45, 7) is 5.93. The van der Waals surface area contributed by atoms with Gasteiger partial charge in [0.15, 0.2) is 11.9 Å². The molecule has 1 atom stereocenters. The van der Waals surface area contributed by atoms with E-state index in [4.69, 9.17) is 4.74 Å². The van der Waals surface area contributed by atoms with Crippen molar-refractivity contribution in [2.75, 3.05) is 23.3 Å². The zero-order valence-corrected chi connectivity index (χ0v) is 18.0. The second-order valence-electron chi connectivity index (χ2n) is 7.80. The molecule has 3 aromatic rings. The molecule has 0 spiro atoms. The number of carbonyl (C=O) groups excluding carboxylic acids is 1. The summed E-state index contributed by atoms with van der Waals surface area (Å²) < 4.78 is 5.79. The van der Waals surface area contributed by atoms with Gasteiger partial charge in [-0.1, -0.05) is 31.2 Å². The third kappa shape index (κ3) is 5.20. The van der Waals surface area contributed by atoms with E-state index in [0.29, 0.717) is 11.4 Å². The maximum absolute atomic E-state index is 12.6. The van der Waals surface area contributed by atoms with Crippen molar-refractivity contribution in [3.8, 4) is 17.0 Å². The van der Waals surface area contributed by atoms with E-state index >= 15 is 0 Å². The molecule has 0 radical (unpaired) electrons. The lowest BCUT2D eigenvalue weighted by Gasteiger charge is -2.16. The molecule has 0 bridgehead atoms. The second-order valence-corrected chi connectivity index (χ2v) is 7.80. The molecule has 2 aromatic carbocycles. The van der Waals surface area contributed by atoms with Gasteiger partial charge >= 0.3 is 0 Å². The number of aryl methyl sites for hydroxylation is 1. The first-order chi connectivity index (χ1) is 15.1. The molecule has 1 amide bonds. The highest BCUT2D eigenvalue weighted by Gasteiger charge is 2.16. The maximum Gasteiger partial charge on any atom is 0.265 e. The molecule has 6 nitrogen and oxygen atoms in total. The van der Waals surface area contributed by atoms with Gasteiger partial charge in [0, 0.05) is 24.3 Å². The summed E-state index contributed by atoms with van der Waals surface area (Å²) in [4.78, 5) is 14.9. The van der Waals surface area contributed by atoms with E-state index in [1.807, 2.05) is 60.7 Å². The largest absolute Gasteiger partial charge is 0.481 e. The molecule has 1 unspecified atom stereocenters. The number of carbonyl (C=O) groups is 1. The molecular weight excluding hydrogens is 388 g/mol. The standard InChI is InChI=1S/C25H28N4O2/c1-3-19-9-11-22(12-10-19)31-18(2)25(30)26-21-8-6-7-20(17-21)23-13-14-24(28-27-23)29-15-4-5-16-29/h6-14,17-18H,3-5,15-16H2,1-2H3,(H,26,30). The third-order valence-corrected chi connectivity index (χ3v) is 5.52. The molecule has 4 rings (SSSR count). The Morgan fingerprint density at radius 2 is 1.84 bits per heavy atom. The van der Waals surface area contributed by atoms with Crippen LogP contribution < -0.4 is 15.0 Å². The van der Waals surface area contributed by atoms with Crippen LogP contribution in [0.15, 0.2) is 60.7 Å². The number of benzene rings is 2. The summed E-state index contributed by atoms with van der Waals surface area (Å²) in [7, 11) is 0. The van der Waals surface area contributed by atoms with Crippen LogP contribution in [0.3, 0.4) is 0 Å². The van der Waals surface area contributed by atoms with Crippen molar-refractivity contribution in [1.29, 1.82) is 0 Å². The van der Waals surface area contributed by atoms with Crippen LogP contribution in [-0.2, 0) is 11.2 Å². The predicted octanol–water partition coefficient (Wildman–Crippen LogP) is 4.71. The fourth-order valence-electron chi connectivity index (χ4n) is 3.66. The number of nitrogens with one attached hydrogen (secondary N) is 1. The number of ether oxygens (including phenoxy) is 1. The fourth-order valence-corrected chi connectivity index (χ4v) is 3.66. The molecule has 0 saturated carbocycles. The topological polar surface area (TPSA) is 67.3 Å². The Hall–Kier alpha value is -3.41. The Balaban J connectivity index is 1.39. The number of nitrogens with zero attached hydrogens (tertiary/aromatic N) is 3. The second kappa shape index (κ2) is 9.60. The van der Waals surface area contributed by atoms with Gasteiger partial charge in [0.05, 0.1) is 5.69 Å². The number of anilines is 2. The minimum atomic E-state index is -0.615. The quantitative estimate of drug-likeness (QED) is 0.604. The lowest BCUT2D eigenvalue weighted by atomic mass is 10.1. The summed E-state index contributed by atoms with van der Waals surface area (Å²) in [5, 5.41) is 11.7. The van der Waals surface area contributed by atoms with E-state index in [2.05, 4.69) is 27.3 Å². The van der Waals surface area contributed by atoms with Gasteiger partial charge in [-0.2, -0.15) is 0 Å². The Labute approximate surface area is 183 Å². The summed E-state index contributed by atoms with van der Waals surface area (Å²) in [6, 6.07) is 19.4. The number of rotatable bonds is 7. The Morgan fingerprint density at radius 3 is 2.52 bits per heavy atom. The highest BCUT2D eigenvalue weighted by molar-refractivity contribution is 5.94. The molecule has 1 N–H and O–H groups in total. The number of aromatic nitrogens is 2. The fraction of sp³-hybridized carbons (Fsp3) is 0.320. The third-order valence-electron chi connectivity index (χ3n) is 5.52. The van der Waals surface area contributed by atoms with E-state index < -0.39 is 6.10 Å². The SMILES string of the molecule is CCc1ccc(OC(C)C(=O)Nc2cccc(-c3ccc(N4CCCC4)nn3)c2)cc1. The average molecular weight is 417 g/mol. The molecule has 1 aliphatic heterocycles. The summed E-state index contributed by atoms with van der Waals surface area (Å²) in [5.41, 5.74) is 3.61. The highest BCUT2D eigenvalue weighted by atomic mass is 16.5. The van der Waals surface area contributed by atoms with Gasteiger partial charge < -0.3 is 15.0 Å². The van der Waals surface area contributed by atoms with Gasteiger partial charge in [0.2, 0.25) is 0 Å². The van der Waals surface area contributed by atoms with Gasteiger partial charge in [0.25, 0.3) is 5.91 Å². The summed E-state index contributed by atoms with van der Waals surface area (Å²) >= 11 is 0. The van der Waals surface area contributed by atoms with Crippen molar-refractivity contribution >= 4 is 17.4 Å². The lowest BCUT2D eigenvalue weighted by molar-refractivity contribution is -0.122. The van der Waals surface area contributed by atoms with Gasteiger partial charge in [0.1, 0.15) is 5.75 Å². The van der Waals surface area contributed by atoms with Gasteiger partial charge in [-0.15, -0.1) is 10.2 Å². The van der Waals surface area contributed by atoms with Gasteiger partial charge in [-0.3, -0.25) is 4.79 Å². The van der Waals surface area contributed by atoms with E-state index in [1.54, 1.807) is 6.92 Å². The van der Waals surface area contributed by atoms with Crippen molar-refractivity contribution < 1.29 is 9.53 Å². The molecule has 2 heterocycles. The molecule has 1 aliphatic rings. The first-order valence-electron chi connectivity index (χ1n) is 10.9. The van der Waals surface area contributed by atoms with E-state index in [0.717, 1.165) is 36.6 Å². The molecule has 6 heteroatoms. The van der Waals surface area contributed by atoms with Crippen molar-refractivity contribution in [3.63, 3.8) is 0 Å². The molecule has 1 saturated heterocycles. The number of hydrogen-bond donors (Lipinski definition) is 1. The minimum Gasteiger partial charge on any atom is -0.481 e. The highest BCUT2D eigenvalue weighted by Crippen LogP contribution is 2.23. The molecular formula is C25H28N4O2. The van der Waals surface area contributed by atoms with E-state index in [-0.39, 0.29) is 5.91 Å². The van der Waals surface area contributed by atoms with Crippen LogP contribution in [0.1, 0.15) is 32.3 Å². The molecule has 160 valence electrons. The molecule has 0 aliphatic carbocycles. The zero-order chi connectivity index (χ0) is 21.6. The smallest absolute Gasteiger partial charge is 0.265 e. The predicted molar refractivity (Wildman–Crippen MR) is 123 cm³/mol. The van der Waals surface area contributed by atoms with Crippen LogP contribution in [0, 0.1) is 0 Å². The first kappa shape index (κ1) is 20.8. The Kier molecular flexibility index (Phi) is 6.46. The summed E-state index contributed by atoms with van der Waals surface area (Å²) in [5.74, 6) is 1.40. The van der Waals surface area contributed by atoms with Crippen molar-refractivity contribution in [2.24, 2.45) is 0 Å². The maximum atomic E-state index is 12.6. The van der Waals surface area contributed by atoms with Crippen LogP contribution in [0.2, 0.25) is 0 Å². The zero-order valence-electron chi connectivity index (χ0n) is 18.0. The van der Waals surface area contributed by atoms with E-state index in [9.17, 15) is 4.79 Å². The lowest BCUT2D eigenvalue weighted by Crippen LogP contribution is -2.30. The Morgan fingerprint density at radius 1 is 1.06 bits per heavy atom. The average Bonchev–Trinajstić information content (AvgIpc) is 3.35. The van der Waals surface area contributed by atoms with Gasteiger partial charge in [-0.25, -0.2) is 0 Å². The van der Waals surface area contributed by atoms with Crippen LogP contribution in [0.25, 0.3) is 11.3 Å². The van der Waals surface area contributed by atoms with E-state index in [1.165, 1.54) is 18.4 Å².